The molecule has 0 aliphatic carbocycles. The SMILES string of the molecule is O=S(=O)(CCCC(F)(F)F)Nc1ccc2[nH]nc(Cl)c2c1. The van der Waals surface area contributed by atoms with Crippen LogP contribution in [0.25, 0.3) is 10.9 Å². The van der Waals surface area contributed by atoms with Crippen LogP contribution >= 0.6 is 11.6 Å². The van der Waals surface area contributed by atoms with E-state index in [0.717, 1.165) is 0 Å². The van der Waals surface area contributed by atoms with Crippen LogP contribution in [-0.4, -0.2) is 30.5 Å². The monoisotopic (exact) mass is 341 g/mol. The normalized spacial score (nSPS) is 12.8. The van der Waals surface area contributed by atoms with Crippen molar-refractivity contribution in [3.05, 3.63) is 23.4 Å². The van der Waals surface area contributed by atoms with E-state index in [1.807, 2.05) is 0 Å². The Balaban J connectivity index is 2.06. The molecule has 2 N–H and O–H groups in total. The van der Waals surface area contributed by atoms with Gasteiger partial charge in [0.15, 0.2) is 5.15 Å². The van der Waals surface area contributed by atoms with Gasteiger partial charge in [-0.2, -0.15) is 18.3 Å². The van der Waals surface area contributed by atoms with Crippen molar-refractivity contribution in [2.24, 2.45) is 0 Å². The van der Waals surface area contributed by atoms with Gasteiger partial charge in [0.2, 0.25) is 10.0 Å². The number of rotatable bonds is 5. The van der Waals surface area contributed by atoms with E-state index in [-0.39, 0.29) is 10.8 Å². The zero-order valence-corrected chi connectivity index (χ0v) is 12.1. The summed E-state index contributed by atoms with van der Waals surface area (Å²) < 4.78 is 61.6. The zero-order valence-electron chi connectivity index (χ0n) is 10.5. The first-order chi connectivity index (χ1) is 9.66. The Labute approximate surface area is 123 Å². The molecule has 5 nitrogen and oxygen atoms in total. The summed E-state index contributed by atoms with van der Waals surface area (Å²) in [5.74, 6) is -0.607. The molecular weight excluding hydrogens is 331 g/mol. The predicted octanol–water partition coefficient (Wildman–Crippen LogP) is 3.30. The number of alkyl halides is 3. The number of H-pyrrole nitrogens is 1. The third-order valence-electron chi connectivity index (χ3n) is 2.66. The Morgan fingerprint density at radius 2 is 2.05 bits per heavy atom. The van der Waals surface area contributed by atoms with E-state index in [1.54, 1.807) is 6.07 Å². The number of fused-ring (bicyclic) bond motifs is 1. The third-order valence-corrected chi connectivity index (χ3v) is 4.32. The standard InChI is InChI=1S/C11H11ClF3N3O2S/c12-10-8-6-7(2-3-9(8)16-17-10)18-21(19,20)5-1-4-11(13,14)15/h2-3,6,18H,1,4-5H2,(H,16,17). The van der Waals surface area contributed by atoms with Crippen LogP contribution in [0, 0.1) is 0 Å². The molecule has 21 heavy (non-hydrogen) atoms. The molecule has 0 bridgehead atoms. The molecule has 116 valence electrons. The summed E-state index contributed by atoms with van der Waals surface area (Å²) in [5.41, 5.74) is 0.845. The van der Waals surface area contributed by atoms with Crippen LogP contribution in [0.4, 0.5) is 18.9 Å². The number of nitrogens with zero attached hydrogens (tertiary/aromatic N) is 1. The number of hydrogen-bond donors (Lipinski definition) is 2. The highest BCUT2D eigenvalue weighted by Gasteiger charge is 2.27. The fourth-order valence-corrected chi connectivity index (χ4v) is 3.05. The minimum absolute atomic E-state index is 0.183. The van der Waals surface area contributed by atoms with Crippen molar-refractivity contribution >= 4 is 38.2 Å². The van der Waals surface area contributed by atoms with E-state index in [2.05, 4.69) is 14.9 Å². The number of halogens is 4. The predicted molar refractivity (Wildman–Crippen MR) is 73.8 cm³/mol. The van der Waals surface area contributed by atoms with E-state index in [1.165, 1.54) is 12.1 Å². The van der Waals surface area contributed by atoms with Crippen LogP contribution in [0.15, 0.2) is 18.2 Å². The summed E-state index contributed by atoms with van der Waals surface area (Å²) in [6.45, 7) is 0. The van der Waals surface area contributed by atoms with E-state index in [4.69, 9.17) is 11.6 Å². The summed E-state index contributed by atoms with van der Waals surface area (Å²) in [7, 11) is -3.85. The van der Waals surface area contributed by atoms with Gasteiger partial charge in [0.1, 0.15) is 0 Å². The molecule has 0 saturated carbocycles. The lowest BCUT2D eigenvalue weighted by Crippen LogP contribution is -2.18. The lowest BCUT2D eigenvalue weighted by atomic mass is 10.2. The fraction of sp³-hybridized carbons (Fsp3) is 0.364. The maximum atomic E-state index is 12.0. The Bertz CT molecular complexity index is 743. The van der Waals surface area contributed by atoms with Gasteiger partial charge < -0.3 is 0 Å². The van der Waals surface area contributed by atoms with Gasteiger partial charge in [-0.25, -0.2) is 8.42 Å². The molecule has 0 amide bonds. The molecule has 0 atom stereocenters. The average Bonchev–Trinajstić information content (AvgIpc) is 2.68. The van der Waals surface area contributed by atoms with Crippen LogP contribution in [0.2, 0.25) is 5.15 Å². The van der Waals surface area contributed by atoms with Crippen molar-refractivity contribution in [2.75, 3.05) is 10.5 Å². The smallest absolute Gasteiger partial charge is 0.284 e. The summed E-state index contributed by atoms with van der Waals surface area (Å²) >= 11 is 5.81. The number of sulfonamides is 1. The molecule has 10 heteroatoms. The molecule has 0 saturated heterocycles. The van der Waals surface area contributed by atoms with Gasteiger partial charge >= 0.3 is 6.18 Å². The molecule has 0 aliphatic rings. The largest absolute Gasteiger partial charge is 0.389 e. The highest BCUT2D eigenvalue weighted by molar-refractivity contribution is 7.92. The molecule has 2 aromatic rings. The second-order valence-electron chi connectivity index (χ2n) is 4.41. The van der Waals surface area contributed by atoms with Crippen LogP contribution in [0.1, 0.15) is 12.8 Å². The van der Waals surface area contributed by atoms with Gasteiger partial charge in [0, 0.05) is 17.5 Å². The first kappa shape index (κ1) is 15.9. The maximum Gasteiger partial charge on any atom is 0.389 e. The summed E-state index contributed by atoms with van der Waals surface area (Å²) in [5, 5.41) is 7.10. The number of aromatic amines is 1. The van der Waals surface area contributed by atoms with Gasteiger partial charge in [0.05, 0.1) is 11.3 Å². The van der Waals surface area contributed by atoms with E-state index in [0.29, 0.717) is 10.9 Å². The molecule has 0 spiro atoms. The van der Waals surface area contributed by atoms with Crippen molar-refractivity contribution in [2.45, 2.75) is 19.0 Å². The highest BCUT2D eigenvalue weighted by Crippen LogP contribution is 2.25. The molecule has 0 aliphatic heterocycles. The summed E-state index contributed by atoms with van der Waals surface area (Å²) in [6, 6.07) is 4.50. The molecular formula is C11H11ClF3N3O2S. The number of hydrogen-bond acceptors (Lipinski definition) is 3. The third kappa shape index (κ3) is 4.50. The molecule has 2 rings (SSSR count). The molecule has 0 radical (unpaired) electrons. The number of benzene rings is 1. The number of aromatic nitrogens is 2. The second kappa shape index (κ2) is 5.72. The van der Waals surface area contributed by atoms with E-state index < -0.39 is 34.8 Å². The van der Waals surface area contributed by atoms with Gasteiger partial charge in [-0.05, 0) is 24.6 Å². The first-order valence-electron chi connectivity index (χ1n) is 5.87. The zero-order chi connectivity index (χ0) is 15.7. The minimum atomic E-state index is -4.36. The van der Waals surface area contributed by atoms with Gasteiger partial charge in [0.25, 0.3) is 0 Å². The van der Waals surface area contributed by atoms with Gasteiger partial charge in [-0.1, -0.05) is 11.6 Å². The molecule has 0 fully saturated rings. The Hall–Kier alpha value is -1.48. The van der Waals surface area contributed by atoms with E-state index in [9.17, 15) is 21.6 Å². The minimum Gasteiger partial charge on any atom is -0.284 e. The van der Waals surface area contributed by atoms with Crippen LogP contribution < -0.4 is 4.72 Å². The highest BCUT2D eigenvalue weighted by atomic mass is 35.5. The van der Waals surface area contributed by atoms with Crippen molar-refractivity contribution < 1.29 is 21.6 Å². The average molecular weight is 342 g/mol. The molecule has 0 unspecified atom stereocenters. The molecule has 1 aromatic carbocycles. The van der Waals surface area contributed by atoms with Crippen molar-refractivity contribution in [3.8, 4) is 0 Å². The lowest BCUT2D eigenvalue weighted by molar-refractivity contribution is -0.134. The molecule has 1 aromatic heterocycles. The topological polar surface area (TPSA) is 74.8 Å². The van der Waals surface area contributed by atoms with Gasteiger partial charge in [-0.3, -0.25) is 9.82 Å². The van der Waals surface area contributed by atoms with E-state index >= 15 is 0 Å². The maximum absolute atomic E-state index is 12.0. The Kier molecular flexibility index (Phi) is 4.33. The first-order valence-corrected chi connectivity index (χ1v) is 7.90. The number of nitrogens with one attached hydrogen (secondary N) is 2. The van der Waals surface area contributed by atoms with Crippen molar-refractivity contribution in [3.63, 3.8) is 0 Å². The summed E-state index contributed by atoms with van der Waals surface area (Å²) in [6.07, 6.45) is -5.99. The lowest BCUT2D eigenvalue weighted by Gasteiger charge is -2.09. The van der Waals surface area contributed by atoms with Gasteiger partial charge in [-0.15, -0.1) is 0 Å². The summed E-state index contributed by atoms with van der Waals surface area (Å²) in [4.78, 5) is 0. The number of anilines is 1. The van der Waals surface area contributed by atoms with Crippen LogP contribution in [0.3, 0.4) is 0 Å². The molecule has 1 heterocycles. The fourth-order valence-electron chi connectivity index (χ4n) is 1.74. The van der Waals surface area contributed by atoms with Crippen LogP contribution in [-0.2, 0) is 10.0 Å². The quantitative estimate of drug-likeness (QED) is 0.876. The van der Waals surface area contributed by atoms with Crippen molar-refractivity contribution in [1.82, 2.24) is 10.2 Å². The second-order valence-corrected chi connectivity index (χ2v) is 6.61. The van der Waals surface area contributed by atoms with Crippen LogP contribution in [0.5, 0.6) is 0 Å². The Morgan fingerprint density at radius 1 is 1.33 bits per heavy atom. The Morgan fingerprint density at radius 3 is 2.71 bits per heavy atom. The van der Waals surface area contributed by atoms with Crippen molar-refractivity contribution in [1.29, 1.82) is 0 Å².